The summed E-state index contributed by atoms with van der Waals surface area (Å²) in [5, 5.41) is 9.27. The highest BCUT2D eigenvalue weighted by molar-refractivity contribution is 5.14. The van der Waals surface area contributed by atoms with Gasteiger partial charge in [0.2, 0.25) is 0 Å². The molecule has 24 heavy (non-hydrogen) atoms. The van der Waals surface area contributed by atoms with Crippen molar-refractivity contribution in [1.29, 1.82) is 0 Å². The summed E-state index contributed by atoms with van der Waals surface area (Å²) in [5.41, 5.74) is 8.13. The van der Waals surface area contributed by atoms with Crippen molar-refractivity contribution in [1.82, 2.24) is 0 Å². The van der Waals surface area contributed by atoms with E-state index in [-0.39, 0.29) is 5.54 Å². The van der Waals surface area contributed by atoms with Gasteiger partial charge in [0.25, 0.3) is 0 Å². The Bertz CT molecular complexity index is 479. The van der Waals surface area contributed by atoms with Crippen LogP contribution in [0.3, 0.4) is 0 Å². The molecular formula is C22H39NO. The molecule has 0 spiro atoms. The average Bonchev–Trinajstić information content (AvgIpc) is 2.90. The summed E-state index contributed by atoms with van der Waals surface area (Å²) >= 11 is 0. The zero-order chi connectivity index (χ0) is 17.0. The summed E-state index contributed by atoms with van der Waals surface area (Å²) in [4.78, 5) is 0. The van der Waals surface area contributed by atoms with Crippen LogP contribution in [0.15, 0.2) is 0 Å². The molecule has 0 saturated heterocycles. The molecule has 0 radical (unpaired) electrons. The fourth-order valence-electron chi connectivity index (χ4n) is 8.26. The summed E-state index contributed by atoms with van der Waals surface area (Å²) in [6.07, 6.45) is 16.0. The molecule has 4 aliphatic carbocycles. The van der Waals surface area contributed by atoms with Crippen LogP contribution in [0.1, 0.15) is 90.9 Å². The number of hydrogen-bond donors (Lipinski definition) is 2. The number of aliphatic hydroxyl groups is 1. The number of rotatable bonds is 3. The van der Waals surface area contributed by atoms with E-state index in [0.29, 0.717) is 17.4 Å². The number of hydrogen-bond acceptors (Lipinski definition) is 2. The number of fused-ring (bicyclic) bond motifs is 5. The Kier molecular flexibility index (Phi) is 4.32. The molecule has 4 saturated carbocycles. The molecule has 0 aromatic rings. The van der Waals surface area contributed by atoms with Crippen LogP contribution in [-0.2, 0) is 0 Å². The normalized spacial score (nSPS) is 54.0. The van der Waals surface area contributed by atoms with Gasteiger partial charge in [0.15, 0.2) is 0 Å². The fourth-order valence-corrected chi connectivity index (χ4v) is 8.26. The minimum absolute atomic E-state index is 0.134. The van der Waals surface area contributed by atoms with E-state index < -0.39 is 0 Å². The lowest BCUT2D eigenvalue weighted by Crippen LogP contribution is -2.65. The molecule has 0 aromatic carbocycles. The molecule has 4 aliphatic rings. The molecule has 4 fully saturated rings. The summed E-state index contributed by atoms with van der Waals surface area (Å²) in [6.45, 7) is 5.55. The largest absolute Gasteiger partial charge is 0.396 e. The molecule has 0 aliphatic heterocycles. The third-order valence-corrected chi connectivity index (χ3v) is 9.79. The highest BCUT2D eigenvalue weighted by Gasteiger charge is 2.62. The van der Waals surface area contributed by atoms with Crippen molar-refractivity contribution in [3.8, 4) is 0 Å². The smallest absolute Gasteiger partial charge is 0.0431 e. The van der Waals surface area contributed by atoms with Gasteiger partial charge in [-0.15, -0.1) is 0 Å². The molecule has 7 atom stereocenters. The molecule has 3 unspecified atom stereocenters. The lowest BCUT2D eigenvalue weighted by molar-refractivity contribution is -0.122. The van der Waals surface area contributed by atoms with E-state index >= 15 is 0 Å². The Labute approximate surface area is 149 Å². The van der Waals surface area contributed by atoms with Gasteiger partial charge in [-0.1, -0.05) is 26.7 Å². The van der Waals surface area contributed by atoms with Crippen molar-refractivity contribution in [2.45, 2.75) is 96.4 Å². The monoisotopic (exact) mass is 333 g/mol. The maximum absolute atomic E-state index is 9.27. The summed E-state index contributed by atoms with van der Waals surface area (Å²) in [6, 6.07) is 0. The van der Waals surface area contributed by atoms with Crippen molar-refractivity contribution < 1.29 is 5.11 Å². The zero-order valence-corrected chi connectivity index (χ0v) is 16.0. The Hall–Kier alpha value is -0.0800. The Morgan fingerprint density at radius 2 is 1.71 bits per heavy atom. The van der Waals surface area contributed by atoms with Gasteiger partial charge in [-0.3, -0.25) is 0 Å². The highest BCUT2D eigenvalue weighted by Crippen LogP contribution is 2.68. The predicted molar refractivity (Wildman–Crippen MR) is 99.6 cm³/mol. The molecule has 0 amide bonds. The van der Waals surface area contributed by atoms with E-state index in [9.17, 15) is 5.11 Å². The first kappa shape index (κ1) is 17.3. The van der Waals surface area contributed by atoms with Crippen molar-refractivity contribution in [2.24, 2.45) is 40.2 Å². The summed E-state index contributed by atoms with van der Waals surface area (Å²) in [5.74, 6) is 3.61. The van der Waals surface area contributed by atoms with E-state index in [1.165, 1.54) is 70.6 Å². The maximum atomic E-state index is 9.27. The number of aliphatic hydroxyl groups excluding tert-OH is 1. The van der Waals surface area contributed by atoms with Crippen LogP contribution in [0.2, 0.25) is 0 Å². The molecule has 138 valence electrons. The Balaban J connectivity index is 1.58. The van der Waals surface area contributed by atoms with E-state index in [0.717, 1.165) is 30.1 Å². The molecule has 2 heteroatoms. The van der Waals surface area contributed by atoms with Crippen molar-refractivity contribution in [2.75, 3.05) is 6.61 Å². The van der Waals surface area contributed by atoms with Crippen LogP contribution >= 0.6 is 0 Å². The minimum atomic E-state index is 0.134. The van der Waals surface area contributed by atoms with Crippen molar-refractivity contribution in [3.63, 3.8) is 0 Å². The second kappa shape index (κ2) is 5.98. The molecule has 3 N–H and O–H groups in total. The van der Waals surface area contributed by atoms with Gasteiger partial charge in [0.05, 0.1) is 0 Å². The first-order chi connectivity index (χ1) is 11.4. The maximum Gasteiger partial charge on any atom is 0.0431 e. The van der Waals surface area contributed by atoms with Gasteiger partial charge in [-0.2, -0.15) is 0 Å². The Morgan fingerprint density at radius 1 is 0.917 bits per heavy atom. The van der Waals surface area contributed by atoms with Gasteiger partial charge in [-0.05, 0) is 98.7 Å². The lowest BCUT2D eigenvalue weighted by Gasteiger charge is -2.64. The van der Waals surface area contributed by atoms with E-state index in [4.69, 9.17) is 5.73 Å². The van der Waals surface area contributed by atoms with Crippen molar-refractivity contribution in [3.05, 3.63) is 0 Å². The van der Waals surface area contributed by atoms with Crippen molar-refractivity contribution >= 4 is 0 Å². The van der Waals surface area contributed by atoms with Crippen LogP contribution in [0.5, 0.6) is 0 Å². The second-order valence-corrected chi connectivity index (χ2v) is 10.4. The number of nitrogens with two attached hydrogens (primary N) is 1. The van der Waals surface area contributed by atoms with Gasteiger partial charge in [0.1, 0.15) is 0 Å². The summed E-state index contributed by atoms with van der Waals surface area (Å²) < 4.78 is 0. The lowest BCUT2D eigenvalue weighted by atomic mass is 9.42. The van der Waals surface area contributed by atoms with Crippen LogP contribution in [0.25, 0.3) is 0 Å². The SMILES string of the molecule is C[C@]12CCC3C(CC[C@]4(N)CCCC[C@]34C)C1CC[C@@H]2CCCO. The van der Waals surface area contributed by atoms with Crippen LogP contribution in [0.4, 0.5) is 0 Å². The molecule has 4 rings (SSSR count). The first-order valence-electron chi connectivity index (χ1n) is 10.8. The van der Waals surface area contributed by atoms with Gasteiger partial charge in [-0.25, -0.2) is 0 Å². The Morgan fingerprint density at radius 3 is 2.50 bits per heavy atom. The van der Waals surface area contributed by atoms with E-state index in [1.54, 1.807) is 0 Å². The van der Waals surface area contributed by atoms with Gasteiger partial charge < -0.3 is 10.8 Å². The minimum Gasteiger partial charge on any atom is -0.396 e. The van der Waals surface area contributed by atoms with E-state index in [1.807, 2.05) is 0 Å². The molecular weight excluding hydrogens is 294 g/mol. The van der Waals surface area contributed by atoms with Crippen LogP contribution in [-0.4, -0.2) is 17.3 Å². The molecule has 0 heterocycles. The average molecular weight is 334 g/mol. The highest BCUT2D eigenvalue weighted by atomic mass is 16.2. The van der Waals surface area contributed by atoms with Crippen LogP contribution in [0, 0.1) is 34.5 Å². The first-order valence-corrected chi connectivity index (χ1v) is 10.8. The molecule has 0 bridgehead atoms. The van der Waals surface area contributed by atoms with Crippen LogP contribution < -0.4 is 5.73 Å². The van der Waals surface area contributed by atoms with E-state index in [2.05, 4.69) is 13.8 Å². The van der Waals surface area contributed by atoms with Gasteiger partial charge >= 0.3 is 0 Å². The molecule has 0 aromatic heterocycles. The fraction of sp³-hybridized carbons (Fsp3) is 1.00. The molecule has 2 nitrogen and oxygen atoms in total. The third-order valence-electron chi connectivity index (χ3n) is 9.79. The van der Waals surface area contributed by atoms with Gasteiger partial charge in [0, 0.05) is 12.1 Å². The zero-order valence-electron chi connectivity index (χ0n) is 16.0. The second-order valence-electron chi connectivity index (χ2n) is 10.4. The quantitative estimate of drug-likeness (QED) is 0.772. The third kappa shape index (κ3) is 2.28. The summed E-state index contributed by atoms with van der Waals surface area (Å²) in [7, 11) is 0. The topological polar surface area (TPSA) is 46.2 Å². The standard InChI is InChI=1S/C22H39NO/c1-20-13-10-19-17(18(20)8-7-16(20)6-5-15-24)9-14-22(23)12-4-3-11-21(19,22)2/h16-19,24H,3-15,23H2,1-2H3/t16-,17?,18?,19?,20+,21+,22+/m0/s1. The predicted octanol–water partition coefficient (Wildman–Crippen LogP) is 4.89.